The molecule has 0 aromatic carbocycles. The Bertz CT molecular complexity index is 1200. The maximum Gasteiger partial charge on any atom is 0.471 e. The molecular weight excluding hydrogens is 477 g/mol. The summed E-state index contributed by atoms with van der Waals surface area (Å²) in [7, 11) is 0. The van der Waals surface area contributed by atoms with E-state index in [1.54, 1.807) is 36.8 Å². The number of carbonyl (C=O) groups excluding carboxylic acids is 3. The molecule has 0 saturated carbocycles. The molecule has 0 aliphatic carbocycles. The van der Waals surface area contributed by atoms with Crippen molar-refractivity contribution in [3.8, 4) is 6.07 Å². The van der Waals surface area contributed by atoms with Crippen molar-refractivity contribution in [2.24, 2.45) is 11.3 Å². The molecule has 2 aromatic heterocycles. The standard InChI is InChI=1S/C24H27F3N6O3/c1-13-7-9-33(21(35)19(23(2,3)4)32-22(36)24(25,26)27)18(13)20(34)31-16(10-28)15-12-29-11-14-6-5-8-30-17(14)15/h5-6,8,11-13,16,18-19H,7,9H2,1-4H3,(H,31,34)(H,32,36)/t13-,16-,18-,19+/m0/s1. The third kappa shape index (κ3) is 5.56. The van der Waals surface area contributed by atoms with Gasteiger partial charge in [-0.15, -0.1) is 0 Å². The van der Waals surface area contributed by atoms with Crippen molar-refractivity contribution in [2.45, 2.75) is 58.4 Å². The lowest BCUT2D eigenvalue weighted by atomic mass is 9.85. The summed E-state index contributed by atoms with van der Waals surface area (Å²) in [5.74, 6) is -4.00. The number of nitriles is 1. The minimum Gasteiger partial charge on any atom is -0.336 e. The Kier molecular flexibility index (Phi) is 7.52. The molecule has 1 saturated heterocycles. The first kappa shape index (κ1) is 26.8. The highest BCUT2D eigenvalue weighted by molar-refractivity contribution is 5.94. The van der Waals surface area contributed by atoms with Crippen LogP contribution in [0.2, 0.25) is 0 Å². The van der Waals surface area contributed by atoms with E-state index in [-0.39, 0.29) is 12.5 Å². The van der Waals surface area contributed by atoms with E-state index in [1.807, 2.05) is 6.07 Å². The predicted molar refractivity (Wildman–Crippen MR) is 123 cm³/mol. The number of nitrogens with zero attached hydrogens (tertiary/aromatic N) is 4. The Hall–Kier alpha value is -3.75. The van der Waals surface area contributed by atoms with Gasteiger partial charge in [0, 0.05) is 36.1 Å². The maximum atomic E-state index is 13.4. The quantitative estimate of drug-likeness (QED) is 0.644. The first-order chi connectivity index (χ1) is 16.8. The molecule has 0 radical (unpaired) electrons. The van der Waals surface area contributed by atoms with Crippen molar-refractivity contribution in [3.05, 3.63) is 36.3 Å². The first-order valence-corrected chi connectivity index (χ1v) is 11.3. The molecule has 0 unspecified atom stereocenters. The number of fused-ring (bicyclic) bond motifs is 1. The lowest BCUT2D eigenvalue weighted by molar-refractivity contribution is -0.176. The summed E-state index contributed by atoms with van der Waals surface area (Å²) in [6.45, 7) is 6.41. The summed E-state index contributed by atoms with van der Waals surface area (Å²) in [6, 6.07) is 1.79. The van der Waals surface area contributed by atoms with Crippen LogP contribution in [-0.4, -0.2) is 57.4 Å². The number of hydrogen-bond donors (Lipinski definition) is 2. The minimum absolute atomic E-state index is 0.112. The number of hydrogen-bond acceptors (Lipinski definition) is 6. The van der Waals surface area contributed by atoms with Crippen molar-refractivity contribution in [1.82, 2.24) is 25.5 Å². The summed E-state index contributed by atoms with van der Waals surface area (Å²) in [5, 5.41) is 14.9. The van der Waals surface area contributed by atoms with E-state index < -0.39 is 47.4 Å². The number of rotatable bonds is 5. The van der Waals surface area contributed by atoms with Crippen LogP contribution in [0.25, 0.3) is 10.9 Å². The number of nitrogens with one attached hydrogen (secondary N) is 2. The van der Waals surface area contributed by atoms with Gasteiger partial charge in [-0.25, -0.2) is 0 Å². The van der Waals surface area contributed by atoms with E-state index in [0.717, 1.165) is 0 Å². The number of amides is 3. The Morgan fingerprint density at radius 1 is 1.19 bits per heavy atom. The highest BCUT2D eigenvalue weighted by Crippen LogP contribution is 2.30. The summed E-state index contributed by atoms with van der Waals surface area (Å²) in [4.78, 5) is 47.9. The number of halogens is 3. The van der Waals surface area contributed by atoms with Crippen LogP contribution in [0.4, 0.5) is 13.2 Å². The normalized spacial score (nSPS) is 19.9. The molecule has 4 atom stereocenters. The molecule has 1 fully saturated rings. The van der Waals surface area contributed by atoms with E-state index in [1.165, 1.54) is 31.9 Å². The van der Waals surface area contributed by atoms with Gasteiger partial charge in [0.1, 0.15) is 18.1 Å². The van der Waals surface area contributed by atoms with Crippen LogP contribution in [-0.2, 0) is 14.4 Å². The second kappa shape index (κ2) is 10.1. The highest BCUT2D eigenvalue weighted by Gasteiger charge is 2.48. The predicted octanol–water partition coefficient (Wildman–Crippen LogP) is 2.64. The lowest BCUT2D eigenvalue weighted by Crippen LogP contribution is -2.60. The molecule has 2 N–H and O–H groups in total. The highest BCUT2D eigenvalue weighted by atomic mass is 19.4. The van der Waals surface area contributed by atoms with Gasteiger partial charge >= 0.3 is 12.1 Å². The van der Waals surface area contributed by atoms with Gasteiger partial charge in [-0.3, -0.25) is 24.4 Å². The molecule has 2 aromatic rings. The molecule has 192 valence electrons. The van der Waals surface area contributed by atoms with Gasteiger partial charge in [0.25, 0.3) is 0 Å². The third-order valence-electron chi connectivity index (χ3n) is 6.16. The van der Waals surface area contributed by atoms with Crippen LogP contribution in [0.15, 0.2) is 30.7 Å². The Morgan fingerprint density at radius 3 is 2.50 bits per heavy atom. The fourth-order valence-electron chi connectivity index (χ4n) is 4.26. The molecule has 36 heavy (non-hydrogen) atoms. The maximum absolute atomic E-state index is 13.4. The second-order valence-electron chi connectivity index (χ2n) is 9.89. The topological polar surface area (TPSA) is 128 Å². The largest absolute Gasteiger partial charge is 0.471 e. The molecule has 0 bridgehead atoms. The van der Waals surface area contributed by atoms with Crippen LogP contribution in [0, 0.1) is 22.7 Å². The van der Waals surface area contributed by atoms with E-state index in [4.69, 9.17) is 0 Å². The molecular formula is C24H27F3N6O3. The number of aromatic nitrogens is 2. The molecule has 12 heteroatoms. The molecule has 3 heterocycles. The molecule has 3 rings (SSSR count). The van der Waals surface area contributed by atoms with Crippen molar-refractivity contribution < 1.29 is 27.6 Å². The zero-order valence-corrected chi connectivity index (χ0v) is 20.3. The summed E-state index contributed by atoms with van der Waals surface area (Å²) < 4.78 is 38.8. The smallest absolute Gasteiger partial charge is 0.336 e. The molecule has 1 aliphatic heterocycles. The molecule has 0 spiro atoms. The fraction of sp³-hybridized carbons (Fsp3) is 0.500. The molecule has 9 nitrogen and oxygen atoms in total. The van der Waals surface area contributed by atoms with Gasteiger partial charge < -0.3 is 15.5 Å². The van der Waals surface area contributed by atoms with Crippen molar-refractivity contribution in [2.75, 3.05) is 6.54 Å². The summed E-state index contributed by atoms with van der Waals surface area (Å²) in [5.41, 5.74) is -0.216. The number of likely N-dealkylation sites (tertiary alicyclic amines) is 1. The Labute approximate surface area is 206 Å². The van der Waals surface area contributed by atoms with Gasteiger partial charge in [-0.2, -0.15) is 18.4 Å². The number of alkyl halides is 3. The number of pyridine rings is 2. The zero-order valence-electron chi connectivity index (χ0n) is 20.3. The van der Waals surface area contributed by atoms with Crippen LogP contribution >= 0.6 is 0 Å². The summed E-state index contributed by atoms with van der Waals surface area (Å²) in [6.07, 6.45) is -0.207. The average molecular weight is 505 g/mol. The fourth-order valence-corrected chi connectivity index (χ4v) is 4.26. The Balaban J connectivity index is 1.87. The molecule has 3 amide bonds. The van der Waals surface area contributed by atoms with Crippen LogP contribution in [0.3, 0.4) is 0 Å². The third-order valence-corrected chi connectivity index (χ3v) is 6.16. The molecule has 1 aliphatic rings. The van der Waals surface area contributed by atoms with Gasteiger partial charge in [0.15, 0.2) is 0 Å². The van der Waals surface area contributed by atoms with Gasteiger partial charge in [0.05, 0.1) is 11.6 Å². The summed E-state index contributed by atoms with van der Waals surface area (Å²) >= 11 is 0. The second-order valence-corrected chi connectivity index (χ2v) is 9.89. The van der Waals surface area contributed by atoms with Gasteiger partial charge in [-0.05, 0) is 29.9 Å². The average Bonchev–Trinajstić information content (AvgIpc) is 3.20. The SMILES string of the molecule is C[C@H]1CCN(C(=O)[C@@H](NC(=O)C(F)(F)F)C(C)(C)C)[C@@H]1C(=O)N[C@@H](C#N)c1cncc2cccnc12. The van der Waals surface area contributed by atoms with Crippen LogP contribution in [0.5, 0.6) is 0 Å². The van der Waals surface area contributed by atoms with E-state index >= 15 is 0 Å². The van der Waals surface area contributed by atoms with Crippen LogP contribution < -0.4 is 10.6 Å². The first-order valence-electron chi connectivity index (χ1n) is 11.3. The monoisotopic (exact) mass is 504 g/mol. The van der Waals surface area contributed by atoms with Gasteiger partial charge in [0.2, 0.25) is 11.8 Å². The van der Waals surface area contributed by atoms with E-state index in [9.17, 15) is 32.8 Å². The van der Waals surface area contributed by atoms with Crippen molar-refractivity contribution in [1.29, 1.82) is 5.26 Å². The van der Waals surface area contributed by atoms with Crippen LogP contribution in [0.1, 0.15) is 45.7 Å². The zero-order chi connectivity index (χ0) is 26.8. The lowest BCUT2D eigenvalue weighted by Gasteiger charge is -2.36. The minimum atomic E-state index is -5.17. The Morgan fingerprint density at radius 2 is 1.89 bits per heavy atom. The van der Waals surface area contributed by atoms with E-state index in [2.05, 4.69) is 15.3 Å². The van der Waals surface area contributed by atoms with Crippen molar-refractivity contribution in [3.63, 3.8) is 0 Å². The number of carbonyl (C=O) groups is 3. The van der Waals surface area contributed by atoms with Gasteiger partial charge in [-0.1, -0.05) is 27.7 Å². The van der Waals surface area contributed by atoms with E-state index in [0.29, 0.717) is 22.9 Å². The van der Waals surface area contributed by atoms with Crippen molar-refractivity contribution >= 4 is 28.6 Å².